The van der Waals surface area contributed by atoms with E-state index in [4.69, 9.17) is 61.0 Å². The van der Waals surface area contributed by atoms with Crippen molar-refractivity contribution in [3.8, 4) is 11.5 Å². The Hall–Kier alpha value is -2.48. The van der Waals surface area contributed by atoms with E-state index in [1.807, 2.05) is 48.5 Å². The molecular formula is C40H43Cl4KO9. The summed E-state index contributed by atoms with van der Waals surface area (Å²) in [5.41, 5.74) is 1.74. The van der Waals surface area contributed by atoms with Gasteiger partial charge in [-0.25, -0.2) is 9.59 Å². The van der Waals surface area contributed by atoms with E-state index in [1.54, 1.807) is 35.0 Å². The largest absolute Gasteiger partial charge is 1.00 e. The first-order valence-electron chi connectivity index (χ1n) is 15.7. The monoisotopic (exact) mass is 846 g/mol. The number of ketones is 2. The zero-order chi connectivity index (χ0) is 39.2. The van der Waals surface area contributed by atoms with Gasteiger partial charge in [-0.2, -0.15) is 0 Å². The molecule has 4 aromatic rings. The minimum Gasteiger partial charge on any atom is -0.850 e. The van der Waals surface area contributed by atoms with Crippen LogP contribution in [0.3, 0.4) is 0 Å². The van der Waals surface area contributed by atoms with Crippen molar-refractivity contribution in [3.63, 3.8) is 0 Å². The standard InChI is InChI=1S/C18H16Cl2O4.C17H14Cl2O4.C4H9O.CH4.K/c1-23-13-5-3-4-11(8-13)6-7-16(21)12-9-14(19)17(15(20)10-12)18(22)24-2;1-23-12-4-2-3-10(7-12)5-6-15(20)11-8-13(18)16(17(21)22)14(19)9-11;1-4(2,3)5;;/h3-5,8-10H,6-7H2,1-2H3;2-4,7-9H,5-6H2,1H3,(H,21,22);1-3H3;1H4;/q;;-1;;+1. The van der Waals surface area contributed by atoms with E-state index in [2.05, 4.69) is 4.74 Å². The zero-order valence-corrected chi connectivity index (χ0v) is 36.6. The minimum atomic E-state index is -1.23. The second-order valence-electron chi connectivity index (χ2n) is 12.1. The molecule has 0 saturated heterocycles. The van der Waals surface area contributed by atoms with Crippen LogP contribution in [0, 0.1) is 0 Å². The summed E-state index contributed by atoms with van der Waals surface area (Å²) in [7, 11) is 4.41. The summed E-state index contributed by atoms with van der Waals surface area (Å²) < 4.78 is 14.9. The number of ether oxygens (including phenoxy) is 3. The molecule has 0 aromatic heterocycles. The number of Topliss-reactive ketones (excluding diaryl/α,β-unsaturated/α-hetero) is 2. The van der Waals surface area contributed by atoms with Gasteiger partial charge in [-0.05, 0) is 72.5 Å². The van der Waals surface area contributed by atoms with Crippen molar-refractivity contribution in [2.75, 3.05) is 21.3 Å². The third kappa shape index (κ3) is 17.5. The molecule has 0 heterocycles. The molecule has 0 spiro atoms. The molecular weight excluding hydrogens is 805 g/mol. The molecule has 0 fully saturated rings. The van der Waals surface area contributed by atoms with Crippen molar-refractivity contribution in [2.24, 2.45) is 0 Å². The van der Waals surface area contributed by atoms with E-state index < -0.39 is 17.5 Å². The molecule has 14 heteroatoms. The van der Waals surface area contributed by atoms with Gasteiger partial charge in [0.15, 0.2) is 11.6 Å². The van der Waals surface area contributed by atoms with Crippen molar-refractivity contribution in [1.82, 2.24) is 0 Å². The average molecular weight is 849 g/mol. The Balaban J connectivity index is 0.000000895. The summed E-state index contributed by atoms with van der Waals surface area (Å²) in [6, 6.07) is 20.5. The number of hydrogen-bond donors (Lipinski definition) is 1. The second-order valence-corrected chi connectivity index (χ2v) is 13.7. The normalized spacial score (nSPS) is 10.1. The van der Waals surface area contributed by atoms with Crippen LogP contribution in [0.25, 0.3) is 0 Å². The number of carboxylic acid groups (broad SMARTS) is 1. The molecule has 0 aliphatic heterocycles. The maximum Gasteiger partial charge on any atom is 1.00 e. The summed E-state index contributed by atoms with van der Waals surface area (Å²) in [6.07, 6.45) is 1.64. The van der Waals surface area contributed by atoms with Gasteiger partial charge in [-0.3, -0.25) is 9.59 Å². The zero-order valence-electron chi connectivity index (χ0n) is 30.5. The fourth-order valence-corrected chi connectivity index (χ4v) is 5.72. The summed E-state index contributed by atoms with van der Waals surface area (Å²) in [5, 5.41) is 19.2. The maximum absolute atomic E-state index is 12.4. The number of carbonyl (C=O) groups is 4. The van der Waals surface area contributed by atoms with Crippen molar-refractivity contribution < 1.29 is 95.0 Å². The van der Waals surface area contributed by atoms with Crippen LogP contribution in [0.15, 0.2) is 72.8 Å². The van der Waals surface area contributed by atoms with Crippen LogP contribution in [0.2, 0.25) is 20.1 Å². The third-order valence-electron chi connectivity index (χ3n) is 6.88. The van der Waals surface area contributed by atoms with E-state index in [0.717, 1.165) is 22.6 Å². The molecule has 54 heavy (non-hydrogen) atoms. The first kappa shape index (κ1) is 51.5. The molecule has 0 unspecified atom stereocenters. The Bertz CT molecular complexity index is 1840. The maximum atomic E-state index is 12.4. The van der Waals surface area contributed by atoms with E-state index in [0.29, 0.717) is 24.0 Å². The number of methoxy groups -OCH3 is 3. The van der Waals surface area contributed by atoms with Gasteiger partial charge in [0.1, 0.15) is 11.5 Å². The first-order chi connectivity index (χ1) is 24.4. The van der Waals surface area contributed by atoms with Gasteiger partial charge in [0.2, 0.25) is 0 Å². The Morgan fingerprint density at radius 3 is 1.28 bits per heavy atom. The van der Waals surface area contributed by atoms with Crippen molar-refractivity contribution >= 4 is 69.9 Å². The van der Waals surface area contributed by atoms with Crippen LogP contribution < -0.4 is 66.0 Å². The molecule has 4 aromatic carbocycles. The van der Waals surface area contributed by atoms with Gasteiger partial charge >= 0.3 is 63.3 Å². The average Bonchev–Trinajstić information content (AvgIpc) is 3.08. The van der Waals surface area contributed by atoms with Gasteiger partial charge < -0.3 is 24.4 Å². The number of carboxylic acids is 1. The Kier molecular flexibility index (Phi) is 23.8. The summed E-state index contributed by atoms with van der Waals surface area (Å²) in [5.74, 6) is -0.664. The number of benzene rings is 4. The molecule has 4 rings (SSSR count). The van der Waals surface area contributed by atoms with Crippen LogP contribution in [-0.4, -0.2) is 55.5 Å². The van der Waals surface area contributed by atoms with Gasteiger partial charge in [-0.1, -0.05) is 98.9 Å². The Morgan fingerprint density at radius 2 is 0.981 bits per heavy atom. The smallest absolute Gasteiger partial charge is 0.850 e. The SMILES string of the molecule is C.CC(C)(C)[O-].COC(=O)c1c(Cl)cc(C(=O)CCc2cccc(OC)c2)cc1Cl.COc1cccc(CCC(=O)c2cc(Cl)c(C(=O)O)c(Cl)c2)c1.[K+]. The van der Waals surface area contributed by atoms with Crippen molar-refractivity contribution in [3.05, 3.63) is 126 Å². The molecule has 0 aliphatic carbocycles. The summed E-state index contributed by atoms with van der Waals surface area (Å²) in [6.45, 7) is 4.90. The topological polar surface area (TPSA) is 139 Å². The first-order valence-corrected chi connectivity index (χ1v) is 17.2. The number of carbonyl (C=O) groups excluding carboxylic acids is 3. The van der Waals surface area contributed by atoms with Crippen LogP contribution in [0.5, 0.6) is 11.5 Å². The van der Waals surface area contributed by atoms with Crippen LogP contribution in [0.1, 0.15) is 93.6 Å². The van der Waals surface area contributed by atoms with E-state index in [9.17, 15) is 24.3 Å². The van der Waals surface area contributed by atoms with E-state index in [1.165, 1.54) is 31.4 Å². The minimum absolute atomic E-state index is 0. The predicted octanol–water partition coefficient (Wildman–Crippen LogP) is 6.91. The Labute approximate surface area is 379 Å². The van der Waals surface area contributed by atoms with Gasteiger partial charge in [-0.15, -0.1) is 5.60 Å². The molecule has 0 radical (unpaired) electrons. The second kappa shape index (κ2) is 24.9. The number of rotatable bonds is 12. The summed E-state index contributed by atoms with van der Waals surface area (Å²) in [4.78, 5) is 47.3. The molecule has 9 nitrogen and oxygen atoms in total. The molecule has 0 aliphatic rings. The molecule has 1 N–H and O–H groups in total. The third-order valence-corrected chi connectivity index (χ3v) is 8.07. The van der Waals surface area contributed by atoms with E-state index in [-0.39, 0.29) is 114 Å². The predicted molar refractivity (Wildman–Crippen MR) is 209 cm³/mol. The van der Waals surface area contributed by atoms with Crippen LogP contribution >= 0.6 is 46.4 Å². The Morgan fingerprint density at radius 1 is 0.648 bits per heavy atom. The fraction of sp³-hybridized carbons (Fsp3) is 0.300. The fourth-order valence-electron chi connectivity index (χ4n) is 4.43. The molecule has 0 bridgehead atoms. The number of hydrogen-bond acceptors (Lipinski definition) is 8. The van der Waals surface area contributed by atoms with E-state index >= 15 is 0 Å². The summed E-state index contributed by atoms with van der Waals surface area (Å²) >= 11 is 23.9. The van der Waals surface area contributed by atoms with Gasteiger partial charge in [0.05, 0.1) is 52.5 Å². The molecule has 0 amide bonds. The van der Waals surface area contributed by atoms with Crippen molar-refractivity contribution in [1.29, 1.82) is 0 Å². The van der Waals surface area contributed by atoms with Crippen LogP contribution in [-0.2, 0) is 17.6 Å². The number of aryl methyl sites for hydroxylation is 2. The number of halogens is 4. The molecule has 0 atom stereocenters. The van der Waals surface area contributed by atoms with Crippen molar-refractivity contribution in [2.45, 2.75) is 59.5 Å². The number of esters is 1. The molecule has 286 valence electrons. The quantitative estimate of drug-likeness (QED) is 0.0917. The van der Waals surface area contributed by atoms with Gasteiger partial charge in [0, 0.05) is 24.0 Å². The van der Waals surface area contributed by atoms with Crippen LogP contribution in [0.4, 0.5) is 0 Å². The molecule has 0 saturated carbocycles. The van der Waals surface area contributed by atoms with Gasteiger partial charge in [0.25, 0.3) is 0 Å². The number of aromatic carboxylic acids is 1.